The lowest BCUT2D eigenvalue weighted by Gasteiger charge is -2.21. The van der Waals surface area contributed by atoms with E-state index in [-0.39, 0.29) is 17.3 Å². The highest BCUT2D eigenvalue weighted by molar-refractivity contribution is 9.10. The minimum absolute atomic E-state index is 0.0828. The highest BCUT2D eigenvalue weighted by Crippen LogP contribution is 2.30. The highest BCUT2D eigenvalue weighted by atomic mass is 79.9. The number of aromatic nitrogens is 1. The fourth-order valence-electron chi connectivity index (χ4n) is 1.74. The zero-order valence-corrected chi connectivity index (χ0v) is 12.3. The molecule has 1 aromatic heterocycles. The Morgan fingerprint density at radius 1 is 1.53 bits per heavy atom. The molecule has 5 nitrogen and oxygen atoms in total. The van der Waals surface area contributed by atoms with Crippen LogP contribution < -0.4 is 0 Å². The highest BCUT2D eigenvalue weighted by Gasteiger charge is 2.29. The number of halogens is 2. The molecule has 1 aliphatic carbocycles. The van der Waals surface area contributed by atoms with E-state index < -0.39 is 11.9 Å². The van der Waals surface area contributed by atoms with Gasteiger partial charge in [-0.05, 0) is 40.8 Å². The number of hydrogen-bond acceptors (Lipinski definition) is 3. The van der Waals surface area contributed by atoms with Crippen molar-refractivity contribution < 1.29 is 14.7 Å². The van der Waals surface area contributed by atoms with Crippen LogP contribution in [0.5, 0.6) is 0 Å². The van der Waals surface area contributed by atoms with Crippen molar-refractivity contribution in [3.8, 4) is 0 Å². The molecule has 1 N–H and O–H groups in total. The summed E-state index contributed by atoms with van der Waals surface area (Å²) >= 11 is 9.12. The Hall–Kier alpha value is -1.14. The van der Waals surface area contributed by atoms with Gasteiger partial charge < -0.3 is 10.0 Å². The van der Waals surface area contributed by atoms with E-state index in [1.54, 1.807) is 6.07 Å². The summed E-state index contributed by atoms with van der Waals surface area (Å²) in [5, 5.41) is 8.97. The van der Waals surface area contributed by atoms with Gasteiger partial charge in [-0.3, -0.25) is 9.59 Å². The number of carbonyl (C=O) groups excluding carboxylic acids is 1. The van der Waals surface area contributed by atoms with Gasteiger partial charge in [-0.15, -0.1) is 0 Å². The normalized spacial score (nSPS) is 14.2. The summed E-state index contributed by atoms with van der Waals surface area (Å²) in [5.41, 5.74) is 0.220. The third kappa shape index (κ3) is 3.91. The zero-order valence-electron chi connectivity index (χ0n) is 9.97. The van der Waals surface area contributed by atoms with Crippen molar-refractivity contribution in [1.82, 2.24) is 9.88 Å². The second-order valence-electron chi connectivity index (χ2n) is 4.51. The Bertz CT molecular complexity index is 520. The Morgan fingerprint density at radius 3 is 2.79 bits per heavy atom. The molecule has 1 aromatic rings. The van der Waals surface area contributed by atoms with Crippen molar-refractivity contribution in [3.63, 3.8) is 0 Å². The molecular weight excluding hydrogens is 336 g/mol. The van der Waals surface area contributed by atoms with Gasteiger partial charge in [-0.2, -0.15) is 0 Å². The van der Waals surface area contributed by atoms with Gasteiger partial charge in [0, 0.05) is 17.2 Å². The first-order valence-corrected chi connectivity index (χ1v) is 6.96. The van der Waals surface area contributed by atoms with Crippen LogP contribution in [-0.4, -0.2) is 40.0 Å². The van der Waals surface area contributed by atoms with Crippen LogP contribution in [0, 0.1) is 5.92 Å². The third-order valence-electron chi connectivity index (χ3n) is 2.82. The fraction of sp³-hybridized carbons (Fsp3) is 0.417. The quantitative estimate of drug-likeness (QED) is 0.831. The summed E-state index contributed by atoms with van der Waals surface area (Å²) < 4.78 is 0.627. The molecule has 19 heavy (non-hydrogen) atoms. The average Bonchev–Trinajstić information content (AvgIpc) is 3.14. The molecule has 0 aliphatic heterocycles. The van der Waals surface area contributed by atoms with E-state index in [4.69, 9.17) is 16.7 Å². The maximum Gasteiger partial charge on any atom is 0.323 e. The van der Waals surface area contributed by atoms with Gasteiger partial charge in [0.15, 0.2) is 0 Å². The molecule has 102 valence electrons. The number of hydrogen-bond donors (Lipinski definition) is 1. The van der Waals surface area contributed by atoms with Crippen LogP contribution in [0.4, 0.5) is 0 Å². The molecule has 0 spiro atoms. The zero-order chi connectivity index (χ0) is 14.0. The molecule has 0 unspecified atom stereocenters. The SMILES string of the molecule is O=C(O)CN(CC1CC1)C(=O)c1cc(Br)cnc1Cl. The molecule has 0 aromatic carbocycles. The van der Waals surface area contributed by atoms with Crippen molar-refractivity contribution >= 4 is 39.4 Å². The monoisotopic (exact) mass is 346 g/mol. The van der Waals surface area contributed by atoms with Gasteiger partial charge in [0.05, 0.1) is 5.56 Å². The molecule has 1 heterocycles. The van der Waals surface area contributed by atoms with Crippen molar-refractivity contribution in [2.45, 2.75) is 12.8 Å². The maximum atomic E-state index is 12.3. The molecule has 1 aliphatic rings. The first-order chi connectivity index (χ1) is 8.97. The molecular formula is C12H12BrClN2O3. The van der Waals surface area contributed by atoms with Crippen LogP contribution in [-0.2, 0) is 4.79 Å². The molecule has 0 bridgehead atoms. The summed E-state index contributed by atoms with van der Waals surface area (Å²) in [4.78, 5) is 28.4. The van der Waals surface area contributed by atoms with Gasteiger partial charge in [-0.25, -0.2) is 4.98 Å². The predicted octanol–water partition coefficient (Wildman–Crippen LogP) is 2.43. The molecule has 0 atom stereocenters. The number of carboxylic acids is 1. The average molecular weight is 348 g/mol. The minimum Gasteiger partial charge on any atom is -0.480 e. The second-order valence-corrected chi connectivity index (χ2v) is 5.79. The van der Waals surface area contributed by atoms with E-state index in [0.717, 1.165) is 12.8 Å². The van der Waals surface area contributed by atoms with Gasteiger partial charge in [-0.1, -0.05) is 11.6 Å². The summed E-state index contributed by atoms with van der Waals surface area (Å²) in [6.07, 6.45) is 3.56. The number of amides is 1. The van der Waals surface area contributed by atoms with Crippen LogP contribution in [0.1, 0.15) is 23.2 Å². The Morgan fingerprint density at radius 2 is 2.21 bits per heavy atom. The lowest BCUT2D eigenvalue weighted by atomic mass is 10.2. The smallest absolute Gasteiger partial charge is 0.323 e. The Kier molecular flexibility index (Phi) is 4.42. The molecule has 1 fully saturated rings. The summed E-state index contributed by atoms with van der Waals surface area (Å²) in [5.74, 6) is -1.02. The number of aliphatic carboxylic acids is 1. The van der Waals surface area contributed by atoms with Crippen molar-refractivity contribution in [3.05, 3.63) is 27.5 Å². The van der Waals surface area contributed by atoms with E-state index in [9.17, 15) is 9.59 Å². The number of pyridine rings is 1. The summed E-state index contributed by atoms with van der Waals surface area (Å²) in [6.45, 7) is 0.131. The van der Waals surface area contributed by atoms with Crippen molar-refractivity contribution in [1.29, 1.82) is 0 Å². The molecule has 1 amide bonds. The van der Waals surface area contributed by atoms with Crippen LogP contribution in [0.15, 0.2) is 16.7 Å². The van der Waals surface area contributed by atoms with Crippen LogP contribution in [0.3, 0.4) is 0 Å². The van der Waals surface area contributed by atoms with Crippen LogP contribution in [0.25, 0.3) is 0 Å². The first kappa shape index (κ1) is 14.3. The van der Waals surface area contributed by atoms with E-state index in [1.165, 1.54) is 11.1 Å². The summed E-state index contributed by atoms with van der Waals surface area (Å²) in [6, 6.07) is 1.55. The van der Waals surface area contributed by atoms with Crippen molar-refractivity contribution in [2.75, 3.05) is 13.1 Å². The third-order valence-corrected chi connectivity index (χ3v) is 3.56. The topological polar surface area (TPSA) is 70.5 Å². The standard InChI is InChI=1S/C12H12BrClN2O3/c13-8-3-9(11(14)15-4-8)12(19)16(6-10(17)18)5-7-1-2-7/h3-4,7H,1-2,5-6H2,(H,17,18). The number of carboxylic acid groups (broad SMARTS) is 1. The van der Waals surface area contributed by atoms with E-state index in [2.05, 4.69) is 20.9 Å². The minimum atomic E-state index is -1.03. The molecule has 7 heteroatoms. The molecule has 0 radical (unpaired) electrons. The lowest BCUT2D eigenvalue weighted by Crippen LogP contribution is -2.37. The Labute approximate surface area is 123 Å². The molecule has 1 saturated carbocycles. The van der Waals surface area contributed by atoms with Crippen LogP contribution in [0.2, 0.25) is 5.15 Å². The lowest BCUT2D eigenvalue weighted by molar-refractivity contribution is -0.137. The number of rotatable bonds is 5. The largest absolute Gasteiger partial charge is 0.480 e. The predicted molar refractivity (Wildman–Crippen MR) is 73.2 cm³/mol. The van der Waals surface area contributed by atoms with Crippen molar-refractivity contribution in [2.24, 2.45) is 5.92 Å². The number of carbonyl (C=O) groups is 2. The number of nitrogens with zero attached hydrogens (tertiary/aromatic N) is 2. The molecule has 2 rings (SSSR count). The fourth-order valence-corrected chi connectivity index (χ4v) is 2.25. The Balaban J connectivity index is 2.21. The van der Waals surface area contributed by atoms with E-state index in [1.807, 2.05) is 0 Å². The molecule has 0 saturated heterocycles. The summed E-state index contributed by atoms with van der Waals surface area (Å²) in [7, 11) is 0. The van der Waals surface area contributed by atoms with Gasteiger partial charge in [0.1, 0.15) is 11.7 Å². The second kappa shape index (κ2) is 5.88. The maximum absolute atomic E-state index is 12.3. The van der Waals surface area contributed by atoms with Gasteiger partial charge >= 0.3 is 5.97 Å². The van der Waals surface area contributed by atoms with Gasteiger partial charge in [0.2, 0.25) is 0 Å². The van der Waals surface area contributed by atoms with Gasteiger partial charge in [0.25, 0.3) is 5.91 Å². The van der Waals surface area contributed by atoms with E-state index in [0.29, 0.717) is 16.9 Å². The van der Waals surface area contributed by atoms with Crippen LogP contribution >= 0.6 is 27.5 Å². The van der Waals surface area contributed by atoms with E-state index >= 15 is 0 Å². The first-order valence-electron chi connectivity index (χ1n) is 5.79.